The predicted molar refractivity (Wildman–Crippen MR) is 124 cm³/mol. The summed E-state index contributed by atoms with van der Waals surface area (Å²) < 4.78 is 30.1. The van der Waals surface area contributed by atoms with Gasteiger partial charge in [0.15, 0.2) is 11.5 Å². The van der Waals surface area contributed by atoms with E-state index in [0.717, 1.165) is 11.1 Å². The van der Waals surface area contributed by atoms with E-state index in [4.69, 9.17) is 9.92 Å². The third kappa shape index (κ3) is 3.64. The Morgan fingerprint density at radius 2 is 1.73 bits per heavy atom. The maximum absolute atomic E-state index is 13.6. The molecule has 2 heterocycles. The molecule has 1 amide bonds. The Morgan fingerprint density at radius 1 is 1.03 bits per heavy atom. The van der Waals surface area contributed by atoms with Crippen LogP contribution in [0.3, 0.4) is 0 Å². The van der Waals surface area contributed by atoms with Gasteiger partial charge in [-0.05, 0) is 59.4 Å². The number of aliphatic imine (C=N–C) groups is 1. The SMILES string of the molecule is CN1C(=O)C(c2cccc(OS(=O)(=O)C3CC3)c2)(c2cccc(-c3cccnc3)c2)N=C1N. The zero-order valence-electron chi connectivity index (χ0n) is 17.9. The highest BCUT2D eigenvalue weighted by molar-refractivity contribution is 7.88. The summed E-state index contributed by atoms with van der Waals surface area (Å²) in [5, 5.41) is -0.473. The average molecular weight is 463 g/mol. The van der Waals surface area contributed by atoms with E-state index >= 15 is 0 Å². The van der Waals surface area contributed by atoms with Crippen molar-refractivity contribution in [3.8, 4) is 16.9 Å². The van der Waals surface area contributed by atoms with Gasteiger partial charge in [0.2, 0.25) is 0 Å². The normalized spacial score (nSPS) is 20.6. The summed E-state index contributed by atoms with van der Waals surface area (Å²) in [6.07, 6.45) is 4.62. The van der Waals surface area contributed by atoms with Gasteiger partial charge >= 0.3 is 10.1 Å². The Bertz CT molecular complexity index is 1370. The first-order valence-corrected chi connectivity index (χ1v) is 12.0. The first-order chi connectivity index (χ1) is 15.8. The highest BCUT2D eigenvalue weighted by Gasteiger charge is 2.50. The second kappa shape index (κ2) is 7.70. The summed E-state index contributed by atoms with van der Waals surface area (Å²) in [7, 11) is -2.14. The van der Waals surface area contributed by atoms with Crippen LogP contribution in [0.1, 0.15) is 24.0 Å². The van der Waals surface area contributed by atoms with Crippen molar-refractivity contribution >= 4 is 22.0 Å². The lowest BCUT2D eigenvalue weighted by molar-refractivity contribution is -0.129. The highest BCUT2D eigenvalue weighted by atomic mass is 32.2. The monoisotopic (exact) mass is 462 g/mol. The number of nitrogens with two attached hydrogens (primary N) is 1. The molecule has 9 heteroatoms. The number of guanidine groups is 1. The van der Waals surface area contributed by atoms with Crippen LogP contribution in [-0.2, 0) is 20.5 Å². The van der Waals surface area contributed by atoms with Crippen molar-refractivity contribution in [2.24, 2.45) is 10.7 Å². The van der Waals surface area contributed by atoms with Gasteiger partial charge in [-0.15, -0.1) is 0 Å². The van der Waals surface area contributed by atoms with Gasteiger partial charge in [-0.1, -0.05) is 36.4 Å². The number of amides is 1. The van der Waals surface area contributed by atoms with E-state index in [-0.39, 0.29) is 17.6 Å². The van der Waals surface area contributed by atoms with Crippen molar-refractivity contribution in [2.75, 3.05) is 7.05 Å². The third-order valence-corrected chi connectivity index (χ3v) is 7.62. The molecule has 8 nitrogen and oxygen atoms in total. The molecule has 1 saturated carbocycles. The zero-order chi connectivity index (χ0) is 23.2. The van der Waals surface area contributed by atoms with Crippen LogP contribution in [0.15, 0.2) is 78.0 Å². The first kappa shape index (κ1) is 21.1. The zero-order valence-corrected chi connectivity index (χ0v) is 18.7. The van der Waals surface area contributed by atoms with Crippen LogP contribution in [0, 0.1) is 0 Å². The molecule has 1 unspecified atom stereocenters. The fraction of sp³-hybridized carbons (Fsp3) is 0.208. The Morgan fingerprint density at radius 3 is 2.36 bits per heavy atom. The molecule has 1 aliphatic carbocycles. The van der Waals surface area contributed by atoms with Gasteiger partial charge in [-0.25, -0.2) is 4.99 Å². The van der Waals surface area contributed by atoms with Crippen molar-refractivity contribution in [3.63, 3.8) is 0 Å². The summed E-state index contributed by atoms with van der Waals surface area (Å²) >= 11 is 0. The molecule has 5 rings (SSSR count). The summed E-state index contributed by atoms with van der Waals surface area (Å²) in [4.78, 5) is 23.6. The third-order valence-electron chi connectivity index (χ3n) is 5.91. The summed E-state index contributed by atoms with van der Waals surface area (Å²) in [5.74, 6) is -0.132. The molecule has 0 bridgehead atoms. The van der Waals surface area contributed by atoms with E-state index in [2.05, 4.69) is 9.98 Å². The molecule has 2 N–H and O–H groups in total. The number of rotatable bonds is 6. The van der Waals surface area contributed by atoms with Gasteiger partial charge in [0.05, 0.1) is 5.25 Å². The molecule has 0 spiro atoms. The van der Waals surface area contributed by atoms with Crippen molar-refractivity contribution in [3.05, 3.63) is 84.2 Å². The van der Waals surface area contributed by atoms with Crippen molar-refractivity contribution < 1.29 is 17.4 Å². The van der Waals surface area contributed by atoms with Gasteiger partial charge < -0.3 is 9.92 Å². The maximum Gasteiger partial charge on any atom is 0.312 e. The average Bonchev–Trinajstić information content (AvgIpc) is 3.65. The van der Waals surface area contributed by atoms with E-state index in [0.29, 0.717) is 24.0 Å². The Hall–Kier alpha value is -3.72. The lowest BCUT2D eigenvalue weighted by atomic mass is 9.81. The number of aromatic nitrogens is 1. The van der Waals surface area contributed by atoms with Crippen molar-refractivity contribution in [1.82, 2.24) is 9.88 Å². The van der Waals surface area contributed by atoms with E-state index in [1.807, 2.05) is 36.4 Å². The van der Waals surface area contributed by atoms with E-state index in [9.17, 15) is 13.2 Å². The van der Waals surface area contributed by atoms with Gasteiger partial charge in [0.25, 0.3) is 5.91 Å². The number of benzene rings is 2. The number of carbonyl (C=O) groups excluding carboxylic acids is 1. The molecule has 0 radical (unpaired) electrons. The van der Waals surface area contributed by atoms with Crippen LogP contribution in [0.25, 0.3) is 11.1 Å². The fourth-order valence-corrected chi connectivity index (χ4v) is 5.19. The minimum Gasteiger partial charge on any atom is -0.382 e. The number of hydrogen-bond donors (Lipinski definition) is 1. The Kier molecular flexibility index (Phi) is 4.93. The molecule has 1 aromatic heterocycles. The number of likely N-dealkylation sites (N-methyl/N-ethyl adjacent to an activating group) is 1. The van der Waals surface area contributed by atoms with Crippen molar-refractivity contribution in [2.45, 2.75) is 23.6 Å². The maximum atomic E-state index is 13.6. The van der Waals surface area contributed by atoms with Gasteiger partial charge in [-0.3, -0.25) is 14.7 Å². The molecule has 0 saturated heterocycles. The minimum absolute atomic E-state index is 0.0729. The molecule has 1 aliphatic heterocycles. The van der Waals surface area contributed by atoms with Gasteiger partial charge in [-0.2, -0.15) is 8.42 Å². The molecular formula is C24H22N4O4S. The van der Waals surface area contributed by atoms with Crippen molar-refractivity contribution in [1.29, 1.82) is 0 Å². The fourth-order valence-electron chi connectivity index (χ4n) is 3.97. The first-order valence-electron chi connectivity index (χ1n) is 10.5. The summed E-state index contributed by atoms with van der Waals surface area (Å²) in [5.41, 5.74) is 7.41. The number of hydrogen-bond acceptors (Lipinski definition) is 7. The quantitative estimate of drug-likeness (QED) is 0.563. The van der Waals surface area contributed by atoms with E-state index < -0.39 is 20.9 Å². The van der Waals surface area contributed by atoms with Crippen LogP contribution >= 0.6 is 0 Å². The smallest absolute Gasteiger partial charge is 0.312 e. The number of carbonyl (C=O) groups is 1. The standard InChI is InChI=1S/C24H22N4O4S/c1-28-22(29)24(27-23(28)25,18-7-2-5-16(13-18)17-6-4-12-26-15-17)19-8-3-9-20(14-19)32-33(30,31)21-10-11-21/h2-9,12-15,21H,10-11H2,1H3,(H2,25,27). The lowest BCUT2D eigenvalue weighted by Gasteiger charge is -2.27. The predicted octanol–water partition coefficient (Wildman–Crippen LogP) is 2.65. The Labute approximate surface area is 191 Å². The second-order valence-electron chi connectivity index (χ2n) is 8.17. The molecular weight excluding hydrogens is 440 g/mol. The minimum atomic E-state index is -3.71. The van der Waals surface area contributed by atoms with Crippen LogP contribution in [0.5, 0.6) is 5.75 Å². The van der Waals surface area contributed by atoms with Crippen LogP contribution in [0.4, 0.5) is 0 Å². The molecule has 3 aromatic rings. The highest BCUT2D eigenvalue weighted by Crippen LogP contribution is 2.42. The lowest BCUT2D eigenvalue weighted by Crippen LogP contribution is -2.41. The molecule has 33 heavy (non-hydrogen) atoms. The summed E-state index contributed by atoms with van der Waals surface area (Å²) in [6.45, 7) is 0. The largest absolute Gasteiger partial charge is 0.382 e. The van der Waals surface area contributed by atoms with Crippen LogP contribution < -0.4 is 9.92 Å². The molecule has 1 fully saturated rings. The number of pyridine rings is 1. The topological polar surface area (TPSA) is 115 Å². The van der Waals surface area contributed by atoms with Gasteiger partial charge in [0.1, 0.15) is 5.75 Å². The second-order valence-corrected chi connectivity index (χ2v) is 9.99. The molecule has 1 atom stereocenters. The van der Waals surface area contributed by atoms with Gasteiger partial charge in [0, 0.05) is 19.4 Å². The van der Waals surface area contributed by atoms with E-state index in [1.165, 1.54) is 4.90 Å². The molecule has 2 aliphatic rings. The number of nitrogens with zero attached hydrogens (tertiary/aromatic N) is 3. The Balaban J connectivity index is 1.64. The van der Waals surface area contributed by atoms with Crippen LogP contribution in [0.2, 0.25) is 0 Å². The molecule has 2 aromatic carbocycles. The van der Waals surface area contributed by atoms with E-state index in [1.54, 1.807) is 43.7 Å². The summed E-state index contributed by atoms with van der Waals surface area (Å²) in [6, 6.07) is 17.7. The molecule has 168 valence electrons. The van der Waals surface area contributed by atoms with Crippen LogP contribution in [-0.4, -0.2) is 42.5 Å².